The van der Waals surface area contributed by atoms with Gasteiger partial charge in [-0.15, -0.1) is 0 Å². The van der Waals surface area contributed by atoms with Crippen molar-refractivity contribution in [2.24, 2.45) is 0 Å². The van der Waals surface area contributed by atoms with Gasteiger partial charge in [-0.3, -0.25) is 9.63 Å². The third-order valence-corrected chi connectivity index (χ3v) is 4.99. The van der Waals surface area contributed by atoms with Crippen LogP contribution in [-0.4, -0.2) is 29.5 Å². The number of carbonyl (C=O) groups is 1. The van der Waals surface area contributed by atoms with E-state index >= 15 is 0 Å². The highest BCUT2D eigenvalue weighted by Gasteiger charge is 2.53. The van der Waals surface area contributed by atoms with Gasteiger partial charge >= 0.3 is 0 Å². The predicted molar refractivity (Wildman–Crippen MR) is 92.3 cm³/mol. The van der Waals surface area contributed by atoms with Crippen LogP contribution >= 0.6 is 11.6 Å². The third kappa shape index (κ3) is 2.38. The Balaban J connectivity index is 1.95. The van der Waals surface area contributed by atoms with Gasteiger partial charge in [-0.2, -0.15) is 0 Å². The fourth-order valence-electron chi connectivity index (χ4n) is 3.54. The summed E-state index contributed by atoms with van der Waals surface area (Å²) in [4.78, 5) is 31.9. The molecule has 1 amide bonds. The Labute approximate surface area is 148 Å². The normalized spacial score (nSPS) is 18.2. The molecule has 0 saturated heterocycles. The van der Waals surface area contributed by atoms with E-state index in [1.165, 1.54) is 7.11 Å². The first-order valence-corrected chi connectivity index (χ1v) is 8.27. The van der Waals surface area contributed by atoms with Crippen molar-refractivity contribution >= 4 is 39.9 Å². The van der Waals surface area contributed by atoms with Crippen LogP contribution in [0.4, 0.5) is 0 Å². The molecular weight excluding hydrogens is 344 g/mol. The van der Waals surface area contributed by atoms with Crippen molar-refractivity contribution in [3.63, 3.8) is 0 Å². The molecule has 4 rings (SSSR count). The number of rotatable bonds is 3. The van der Waals surface area contributed by atoms with Crippen LogP contribution in [0.2, 0.25) is 5.02 Å². The van der Waals surface area contributed by atoms with Crippen molar-refractivity contribution < 1.29 is 19.2 Å². The number of amides is 1. The zero-order valence-corrected chi connectivity index (χ0v) is 14.2. The number of nitrogens with one attached hydrogen (secondary N) is 2. The lowest BCUT2D eigenvalue weighted by molar-refractivity contribution is -0.127. The van der Waals surface area contributed by atoms with Crippen LogP contribution in [0.1, 0.15) is 25.0 Å². The van der Waals surface area contributed by atoms with Gasteiger partial charge < -0.3 is 9.72 Å². The van der Waals surface area contributed by atoms with Crippen LogP contribution in [0.25, 0.3) is 16.5 Å². The van der Waals surface area contributed by atoms with Gasteiger partial charge in [0.1, 0.15) is 11.2 Å². The highest BCUT2D eigenvalue weighted by molar-refractivity contribution is 6.31. The van der Waals surface area contributed by atoms with Gasteiger partial charge in [-0.25, -0.2) is 10.3 Å². The Kier molecular flexibility index (Phi) is 3.69. The molecule has 1 saturated carbocycles. The summed E-state index contributed by atoms with van der Waals surface area (Å²) >= 11 is 6.06. The van der Waals surface area contributed by atoms with Gasteiger partial charge in [-0.05, 0) is 37.5 Å². The Bertz CT molecular complexity index is 965. The molecule has 0 atom stereocenters. The quantitative estimate of drug-likeness (QED) is 0.653. The molecule has 25 heavy (non-hydrogen) atoms. The summed E-state index contributed by atoms with van der Waals surface area (Å²) in [6.45, 7) is 0. The first kappa shape index (κ1) is 16.0. The average Bonchev–Trinajstić information content (AvgIpc) is 3.12. The average molecular weight is 359 g/mol. The van der Waals surface area contributed by atoms with Gasteiger partial charge in [0.25, 0.3) is 5.91 Å². The number of H-pyrrole nitrogens is 1. The van der Waals surface area contributed by atoms with E-state index in [4.69, 9.17) is 21.2 Å². The van der Waals surface area contributed by atoms with E-state index < -0.39 is 11.5 Å². The second kappa shape index (κ2) is 5.77. The number of aromatic amines is 1. The van der Waals surface area contributed by atoms with E-state index in [9.17, 15) is 9.59 Å². The lowest BCUT2D eigenvalue weighted by Crippen LogP contribution is -2.38. The molecule has 2 heterocycles. The number of hydrogen-bond donors (Lipinski definition) is 2. The van der Waals surface area contributed by atoms with E-state index in [2.05, 4.69) is 10.5 Å². The van der Waals surface area contributed by atoms with Gasteiger partial charge in [0.15, 0.2) is 5.94 Å². The van der Waals surface area contributed by atoms with Crippen molar-refractivity contribution in [2.45, 2.75) is 24.9 Å². The topological polar surface area (TPSA) is 80.4 Å². The van der Waals surface area contributed by atoms with Crippen molar-refractivity contribution in [2.75, 3.05) is 7.11 Å². The maximum absolute atomic E-state index is 12.5. The number of benzene rings is 1. The lowest BCUT2D eigenvalue weighted by Gasteiger charge is -2.39. The minimum atomic E-state index is -0.669. The van der Waals surface area contributed by atoms with Gasteiger partial charge in [0.05, 0.1) is 7.11 Å². The molecule has 1 aliphatic carbocycles. The largest absolute Gasteiger partial charge is 0.471 e. The third-order valence-electron chi connectivity index (χ3n) is 4.76. The molecule has 2 aromatic rings. The zero-order chi connectivity index (χ0) is 17.6. The maximum Gasteiger partial charge on any atom is 0.279 e. The van der Waals surface area contributed by atoms with Crippen molar-refractivity contribution in [1.82, 2.24) is 10.5 Å². The minimum Gasteiger partial charge on any atom is -0.471 e. The fraction of sp³-hybridized carbons (Fsp3) is 0.278. The van der Waals surface area contributed by atoms with Crippen molar-refractivity contribution in [1.29, 1.82) is 0 Å². The number of carbonyl (C=O) groups excluding carboxylic acids is 2. The summed E-state index contributed by atoms with van der Waals surface area (Å²) < 4.78 is 5.86. The monoisotopic (exact) mass is 358 g/mol. The molecule has 7 heteroatoms. The van der Waals surface area contributed by atoms with Gasteiger partial charge in [-0.1, -0.05) is 17.7 Å². The molecule has 128 valence electrons. The molecule has 0 unspecified atom stereocenters. The Hall–Kier alpha value is -2.53. The summed E-state index contributed by atoms with van der Waals surface area (Å²) in [6, 6.07) is 7.44. The van der Waals surface area contributed by atoms with Gasteiger partial charge in [0, 0.05) is 27.2 Å². The smallest absolute Gasteiger partial charge is 0.279 e. The van der Waals surface area contributed by atoms with E-state index in [-0.39, 0.29) is 11.3 Å². The number of halogens is 1. The van der Waals surface area contributed by atoms with Crippen molar-refractivity contribution in [3.8, 4) is 0 Å². The second-order valence-corrected chi connectivity index (χ2v) is 6.62. The summed E-state index contributed by atoms with van der Waals surface area (Å²) in [7, 11) is 1.34. The lowest BCUT2D eigenvalue weighted by atomic mass is 9.73. The molecule has 1 aromatic carbocycles. The first-order valence-electron chi connectivity index (χ1n) is 7.89. The first-order chi connectivity index (χ1) is 12.1. The maximum atomic E-state index is 12.5. The molecule has 1 fully saturated rings. The number of ether oxygens (including phenoxy) is 1. The molecule has 1 spiro atoms. The van der Waals surface area contributed by atoms with E-state index in [0.717, 1.165) is 35.9 Å². The molecule has 0 bridgehead atoms. The number of fused-ring (bicyclic) bond motifs is 1. The molecule has 2 aliphatic rings. The zero-order valence-electron chi connectivity index (χ0n) is 13.4. The minimum absolute atomic E-state index is 0.0825. The van der Waals surface area contributed by atoms with E-state index in [0.29, 0.717) is 10.6 Å². The Morgan fingerprint density at radius 3 is 2.84 bits per heavy atom. The highest BCUT2D eigenvalue weighted by Crippen LogP contribution is 2.54. The van der Waals surface area contributed by atoms with Crippen LogP contribution in [0, 0.1) is 0 Å². The fourth-order valence-corrected chi connectivity index (χ4v) is 3.71. The van der Waals surface area contributed by atoms with Crippen molar-refractivity contribution in [3.05, 3.63) is 46.3 Å². The SMILES string of the molecule is CONC(=O)C1=C(c2cc3ccc(Cl)cc3[nH]2)C2(CCC2)OC1=C=O. The standard InChI is InChI=1S/C18H15ClN2O4/c1-24-21-17(23)15-14(9-22)25-18(5-2-6-18)16(15)13-7-10-3-4-11(19)8-12(10)20-13/h3-4,7-8,20H,2,5-6H2,1H3,(H,21,23). The van der Waals surface area contributed by atoms with Crippen LogP contribution in [0.3, 0.4) is 0 Å². The summed E-state index contributed by atoms with van der Waals surface area (Å²) in [5.74, 6) is 1.14. The van der Waals surface area contributed by atoms with E-state index in [1.54, 1.807) is 12.0 Å². The van der Waals surface area contributed by atoms with Gasteiger partial charge in [0.2, 0.25) is 5.76 Å². The van der Waals surface area contributed by atoms with Crippen LogP contribution < -0.4 is 5.48 Å². The number of hydrogen-bond acceptors (Lipinski definition) is 4. The Morgan fingerprint density at radius 1 is 1.40 bits per heavy atom. The molecular formula is C18H15ClN2O4. The van der Waals surface area contributed by atoms with Crippen LogP contribution in [0.5, 0.6) is 0 Å². The molecule has 1 aromatic heterocycles. The summed E-state index contributed by atoms with van der Waals surface area (Å²) in [5, 5.41) is 1.57. The summed E-state index contributed by atoms with van der Waals surface area (Å²) in [5.41, 5.74) is 4.00. The summed E-state index contributed by atoms with van der Waals surface area (Å²) in [6.07, 6.45) is 2.42. The number of aromatic nitrogens is 1. The molecule has 0 radical (unpaired) electrons. The highest BCUT2D eigenvalue weighted by atomic mass is 35.5. The van der Waals surface area contributed by atoms with Crippen LogP contribution in [-0.2, 0) is 19.2 Å². The van der Waals surface area contributed by atoms with Crippen LogP contribution in [0.15, 0.2) is 35.6 Å². The molecule has 6 nitrogen and oxygen atoms in total. The predicted octanol–water partition coefficient (Wildman–Crippen LogP) is 2.92. The molecule has 1 aliphatic heterocycles. The Morgan fingerprint density at radius 2 is 2.20 bits per heavy atom. The van der Waals surface area contributed by atoms with E-state index in [1.807, 2.05) is 18.2 Å². The second-order valence-electron chi connectivity index (χ2n) is 6.18. The number of hydroxylamine groups is 1. The molecule has 2 N–H and O–H groups in total.